The molecule has 3 aromatic rings. The standard InChI is InChI=1S/C22H22F3N3O2/c1-11-9-14(21(3,4)22(23,24)25)12(2)8-13(11)16-10-17(29)18-15(28-16)6-7-27-19(18)20(30)26-5/h6-10H,1-5H3,(H,26,30)(H,28,29). The predicted octanol–water partition coefficient (Wildman–Crippen LogP) is 4.41. The molecule has 0 unspecified atom stereocenters. The number of carbonyl (C=O) groups is 1. The number of hydrogen-bond acceptors (Lipinski definition) is 3. The van der Waals surface area contributed by atoms with Crippen LogP contribution in [0.1, 0.15) is 41.0 Å². The number of aromatic amines is 1. The van der Waals surface area contributed by atoms with Gasteiger partial charge < -0.3 is 10.3 Å². The zero-order valence-electron chi connectivity index (χ0n) is 17.3. The number of carbonyl (C=O) groups excluding carboxylic acids is 1. The van der Waals surface area contributed by atoms with E-state index in [-0.39, 0.29) is 16.6 Å². The first-order valence-corrected chi connectivity index (χ1v) is 9.31. The number of hydrogen-bond donors (Lipinski definition) is 2. The van der Waals surface area contributed by atoms with Crippen LogP contribution in [0.3, 0.4) is 0 Å². The van der Waals surface area contributed by atoms with Crippen molar-refractivity contribution in [2.75, 3.05) is 7.05 Å². The van der Waals surface area contributed by atoms with Crippen LogP contribution in [0, 0.1) is 13.8 Å². The topological polar surface area (TPSA) is 74.8 Å². The summed E-state index contributed by atoms with van der Waals surface area (Å²) in [6.45, 7) is 5.63. The van der Waals surface area contributed by atoms with E-state index in [0.29, 0.717) is 27.9 Å². The first-order valence-electron chi connectivity index (χ1n) is 9.31. The molecule has 5 nitrogen and oxygen atoms in total. The van der Waals surface area contributed by atoms with E-state index in [9.17, 15) is 22.8 Å². The van der Waals surface area contributed by atoms with Crippen molar-refractivity contribution < 1.29 is 18.0 Å². The number of nitrogens with one attached hydrogen (secondary N) is 2. The third kappa shape index (κ3) is 3.46. The van der Waals surface area contributed by atoms with Crippen molar-refractivity contribution in [1.29, 1.82) is 0 Å². The number of amides is 1. The Morgan fingerprint density at radius 3 is 2.37 bits per heavy atom. The van der Waals surface area contributed by atoms with Gasteiger partial charge in [0.25, 0.3) is 5.91 Å². The first-order chi connectivity index (χ1) is 13.9. The molecule has 2 heterocycles. The van der Waals surface area contributed by atoms with Gasteiger partial charge in [0.2, 0.25) is 0 Å². The molecule has 0 saturated carbocycles. The lowest BCUT2D eigenvalue weighted by molar-refractivity contribution is -0.180. The van der Waals surface area contributed by atoms with Crippen LogP contribution in [0.2, 0.25) is 0 Å². The zero-order chi connectivity index (χ0) is 22.4. The molecule has 0 radical (unpaired) electrons. The van der Waals surface area contributed by atoms with Crippen LogP contribution in [0.15, 0.2) is 35.3 Å². The van der Waals surface area contributed by atoms with Crippen molar-refractivity contribution in [3.8, 4) is 11.3 Å². The Kier molecular flexibility index (Phi) is 5.22. The number of benzene rings is 1. The van der Waals surface area contributed by atoms with Crippen molar-refractivity contribution in [3.05, 3.63) is 63.1 Å². The van der Waals surface area contributed by atoms with Crippen LogP contribution in [0.25, 0.3) is 22.2 Å². The van der Waals surface area contributed by atoms with Crippen molar-refractivity contribution in [3.63, 3.8) is 0 Å². The minimum absolute atomic E-state index is 0.0120. The highest BCUT2D eigenvalue weighted by Gasteiger charge is 2.49. The lowest BCUT2D eigenvalue weighted by Crippen LogP contribution is -2.37. The van der Waals surface area contributed by atoms with Gasteiger partial charge in [-0.25, -0.2) is 0 Å². The summed E-state index contributed by atoms with van der Waals surface area (Å²) >= 11 is 0. The third-order valence-corrected chi connectivity index (χ3v) is 5.43. The van der Waals surface area contributed by atoms with E-state index in [1.165, 1.54) is 25.4 Å². The molecule has 3 rings (SSSR count). The summed E-state index contributed by atoms with van der Waals surface area (Å²) in [5.74, 6) is -0.482. The van der Waals surface area contributed by atoms with Gasteiger partial charge >= 0.3 is 6.18 Å². The maximum Gasteiger partial charge on any atom is 0.397 e. The highest BCUT2D eigenvalue weighted by atomic mass is 19.4. The Labute approximate surface area is 171 Å². The van der Waals surface area contributed by atoms with Crippen LogP contribution < -0.4 is 10.7 Å². The summed E-state index contributed by atoms with van der Waals surface area (Å²) < 4.78 is 40.6. The average Bonchev–Trinajstić information content (AvgIpc) is 2.67. The van der Waals surface area contributed by atoms with Crippen LogP contribution in [0.5, 0.6) is 0 Å². The smallest absolute Gasteiger partial charge is 0.354 e. The fourth-order valence-electron chi connectivity index (χ4n) is 3.57. The fraction of sp³-hybridized carbons (Fsp3) is 0.318. The maximum atomic E-state index is 13.5. The summed E-state index contributed by atoms with van der Waals surface area (Å²) in [4.78, 5) is 31.9. The lowest BCUT2D eigenvalue weighted by Gasteiger charge is -2.30. The van der Waals surface area contributed by atoms with Crippen LogP contribution >= 0.6 is 0 Å². The van der Waals surface area contributed by atoms with E-state index in [0.717, 1.165) is 13.8 Å². The summed E-state index contributed by atoms with van der Waals surface area (Å²) in [6.07, 6.45) is -2.98. The lowest BCUT2D eigenvalue weighted by atomic mass is 9.79. The molecule has 0 saturated heterocycles. The van der Waals surface area contributed by atoms with Crippen LogP contribution in [-0.4, -0.2) is 29.1 Å². The molecule has 0 atom stereocenters. The van der Waals surface area contributed by atoms with Gasteiger partial charge in [-0.3, -0.25) is 14.6 Å². The molecular formula is C22H22F3N3O2. The molecule has 1 aromatic carbocycles. The molecule has 2 N–H and O–H groups in total. The summed E-state index contributed by atoms with van der Waals surface area (Å²) in [5, 5.41) is 2.61. The first kappa shape index (κ1) is 21.5. The number of halogens is 3. The Morgan fingerprint density at radius 1 is 1.10 bits per heavy atom. The number of aryl methyl sites for hydroxylation is 2. The molecule has 0 spiro atoms. The van der Waals surface area contributed by atoms with Gasteiger partial charge in [0.05, 0.1) is 16.3 Å². The fourth-order valence-corrected chi connectivity index (χ4v) is 3.57. The molecule has 0 aliphatic rings. The van der Waals surface area contributed by atoms with Crippen LogP contribution in [-0.2, 0) is 5.41 Å². The minimum atomic E-state index is -4.40. The number of fused-ring (bicyclic) bond motifs is 1. The molecule has 0 bridgehead atoms. The Bertz CT molecular complexity index is 1210. The second kappa shape index (κ2) is 7.27. The van der Waals surface area contributed by atoms with E-state index >= 15 is 0 Å². The summed E-state index contributed by atoms with van der Waals surface area (Å²) in [7, 11) is 1.45. The molecule has 158 valence electrons. The second-order valence-corrected chi connectivity index (χ2v) is 7.81. The molecule has 8 heteroatoms. The van der Waals surface area contributed by atoms with Crippen molar-refractivity contribution in [2.24, 2.45) is 0 Å². The molecule has 1 amide bonds. The summed E-state index contributed by atoms with van der Waals surface area (Å²) in [5.41, 5.74) is 0.354. The number of H-pyrrole nitrogens is 1. The maximum absolute atomic E-state index is 13.5. The number of aromatic nitrogens is 2. The van der Waals surface area contributed by atoms with Crippen molar-refractivity contribution in [1.82, 2.24) is 15.3 Å². The van der Waals surface area contributed by atoms with Gasteiger partial charge in [-0.05, 0) is 56.5 Å². The average molecular weight is 417 g/mol. The van der Waals surface area contributed by atoms with Gasteiger partial charge in [-0.15, -0.1) is 0 Å². The SMILES string of the molecule is CNC(=O)c1nccc2[nH]c(-c3cc(C)c(C(C)(C)C(F)(F)F)cc3C)cc(=O)c12. The van der Waals surface area contributed by atoms with E-state index in [2.05, 4.69) is 15.3 Å². The minimum Gasteiger partial charge on any atom is -0.354 e. The third-order valence-electron chi connectivity index (χ3n) is 5.43. The van der Waals surface area contributed by atoms with E-state index in [1.54, 1.807) is 26.0 Å². The normalized spacial score (nSPS) is 12.3. The highest BCUT2D eigenvalue weighted by molar-refractivity contribution is 6.04. The van der Waals surface area contributed by atoms with Gasteiger partial charge in [0, 0.05) is 30.6 Å². The Morgan fingerprint density at radius 2 is 1.77 bits per heavy atom. The van der Waals surface area contributed by atoms with Crippen molar-refractivity contribution in [2.45, 2.75) is 39.3 Å². The van der Waals surface area contributed by atoms with Gasteiger partial charge in [0.1, 0.15) is 5.69 Å². The molecule has 30 heavy (non-hydrogen) atoms. The highest BCUT2D eigenvalue weighted by Crippen LogP contribution is 2.43. The largest absolute Gasteiger partial charge is 0.397 e. The van der Waals surface area contributed by atoms with E-state index in [4.69, 9.17) is 0 Å². The van der Waals surface area contributed by atoms with Gasteiger partial charge in [-0.2, -0.15) is 13.2 Å². The number of nitrogens with zero attached hydrogens (tertiary/aromatic N) is 1. The number of alkyl halides is 3. The molecule has 2 aromatic heterocycles. The number of rotatable bonds is 3. The predicted molar refractivity (Wildman–Crippen MR) is 110 cm³/mol. The van der Waals surface area contributed by atoms with E-state index in [1.807, 2.05) is 0 Å². The van der Waals surface area contributed by atoms with Crippen molar-refractivity contribution >= 4 is 16.8 Å². The Balaban J connectivity index is 2.21. The summed E-state index contributed by atoms with van der Waals surface area (Å²) in [6, 6.07) is 6.09. The van der Waals surface area contributed by atoms with Crippen LogP contribution in [0.4, 0.5) is 13.2 Å². The monoisotopic (exact) mass is 417 g/mol. The number of pyridine rings is 2. The van der Waals surface area contributed by atoms with Gasteiger partial charge in [0.15, 0.2) is 5.43 Å². The molecule has 0 aliphatic heterocycles. The molecular weight excluding hydrogens is 395 g/mol. The Hall–Kier alpha value is -3.16. The second-order valence-electron chi connectivity index (χ2n) is 7.81. The quantitative estimate of drug-likeness (QED) is 0.663. The molecule has 0 aliphatic carbocycles. The molecule has 0 fully saturated rings. The zero-order valence-corrected chi connectivity index (χ0v) is 17.3. The van der Waals surface area contributed by atoms with Gasteiger partial charge in [-0.1, -0.05) is 6.07 Å². The van der Waals surface area contributed by atoms with E-state index < -0.39 is 22.9 Å².